The maximum atomic E-state index is 12.8. The lowest BCUT2D eigenvalue weighted by atomic mass is 9.85. The predicted molar refractivity (Wildman–Crippen MR) is 134 cm³/mol. The summed E-state index contributed by atoms with van der Waals surface area (Å²) in [5.74, 6) is 0.705. The molecule has 180 valence electrons. The number of anilines is 2. The van der Waals surface area contributed by atoms with Crippen LogP contribution in [0.15, 0.2) is 47.7 Å². The zero-order valence-corrected chi connectivity index (χ0v) is 20.3. The Kier molecular flexibility index (Phi) is 6.12. The van der Waals surface area contributed by atoms with Gasteiger partial charge in [0.25, 0.3) is 5.56 Å². The zero-order valence-electron chi connectivity index (χ0n) is 20.3. The lowest BCUT2D eigenvalue weighted by Crippen LogP contribution is -2.23. The number of fused-ring (bicyclic) bond motifs is 1. The van der Waals surface area contributed by atoms with Crippen molar-refractivity contribution in [2.75, 3.05) is 5.32 Å². The van der Waals surface area contributed by atoms with Gasteiger partial charge in [-0.3, -0.25) is 9.48 Å². The summed E-state index contributed by atoms with van der Waals surface area (Å²) in [5.41, 5.74) is 3.65. The molecule has 9 heteroatoms. The minimum atomic E-state index is -0.196. The molecule has 5 rings (SSSR count). The van der Waals surface area contributed by atoms with E-state index in [1.54, 1.807) is 23.4 Å². The second kappa shape index (κ2) is 9.37. The van der Waals surface area contributed by atoms with Gasteiger partial charge in [-0.15, -0.1) is 0 Å². The highest BCUT2D eigenvalue weighted by Gasteiger charge is 2.30. The van der Waals surface area contributed by atoms with E-state index in [4.69, 9.17) is 5.10 Å². The smallest absolute Gasteiger partial charge is 0.261 e. The van der Waals surface area contributed by atoms with E-state index in [-0.39, 0.29) is 23.6 Å². The number of benzene rings is 1. The van der Waals surface area contributed by atoms with Crippen molar-refractivity contribution >= 4 is 22.4 Å². The summed E-state index contributed by atoms with van der Waals surface area (Å²) < 4.78 is 1.89. The largest absolute Gasteiger partial charge is 0.338 e. The van der Waals surface area contributed by atoms with E-state index >= 15 is 0 Å². The molecule has 0 radical (unpaired) electrons. The molecule has 0 amide bonds. The molecule has 35 heavy (non-hydrogen) atoms. The molecule has 0 spiro atoms. The van der Waals surface area contributed by atoms with Gasteiger partial charge in [0, 0.05) is 11.9 Å². The zero-order chi connectivity index (χ0) is 24.5. The third-order valence-electron chi connectivity index (χ3n) is 7.01. The Bertz CT molecular complexity index is 1430. The fourth-order valence-corrected chi connectivity index (χ4v) is 5.34. The summed E-state index contributed by atoms with van der Waals surface area (Å²) in [7, 11) is 0. The predicted octanol–water partition coefficient (Wildman–Crippen LogP) is 4.87. The van der Waals surface area contributed by atoms with Gasteiger partial charge >= 0.3 is 0 Å². The Morgan fingerprint density at radius 3 is 2.66 bits per heavy atom. The van der Waals surface area contributed by atoms with Crippen LogP contribution in [0.25, 0.3) is 10.9 Å². The first-order valence-corrected chi connectivity index (χ1v) is 12.2. The fraction of sp³-hybridized carbons (Fsp3) is 0.423. The molecule has 0 bridgehead atoms. The first-order chi connectivity index (χ1) is 17.0. The Morgan fingerprint density at radius 2 is 1.94 bits per heavy atom. The van der Waals surface area contributed by atoms with Crippen LogP contribution in [-0.2, 0) is 0 Å². The lowest BCUT2D eigenvalue weighted by molar-refractivity contribution is 0.277. The molecule has 3 aromatic heterocycles. The third-order valence-corrected chi connectivity index (χ3v) is 7.01. The van der Waals surface area contributed by atoms with Crippen LogP contribution in [0, 0.1) is 30.1 Å². The average Bonchev–Trinajstić information content (AvgIpc) is 3.50. The molecule has 0 aliphatic heterocycles. The number of aromatic nitrogens is 6. The second-order valence-corrected chi connectivity index (χ2v) is 9.68. The first kappa shape index (κ1) is 22.8. The highest BCUT2D eigenvalue weighted by molar-refractivity contribution is 5.91. The Balaban J connectivity index is 1.52. The van der Waals surface area contributed by atoms with Gasteiger partial charge in [-0.05, 0) is 55.0 Å². The van der Waals surface area contributed by atoms with Crippen LogP contribution in [0.1, 0.15) is 62.7 Å². The molecule has 3 unspecified atom stereocenters. The molecule has 1 fully saturated rings. The molecule has 9 nitrogen and oxygen atoms in total. The van der Waals surface area contributed by atoms with E-state index in [1.165, 1.54) is 0 Å². The van der Waals surface area contributed by atoms with Crippen molar-refractivity contribution in [3.8, 4) is 6.07 Å². The van der Waals surface area contributed by atoms with Crippen molar-refractivity contribution in [1.82, 2.24) is 29.8 Å². The molecular weight excluding hydrogens is 440 g/mol. The van der Waals surface area contributed by atoms with Gasteiger partial charge in [0.1, 0.15) is 5.39 Å². The summed E-state index contributed by atoms with van der Waals surface area (Å²) >= 11 is 0. The maximum absolute atomic E-state index is 12.8. The van der Waals surface area contributed by atoms with E-state index in [9.17, 15) is 10.1 Å². The summed E-state index contributed by atoms with van der Waals surface area (Å²) in [6.45, 7) is 6.39. The van der Waals surface area contributed by atoms with Gasteiger partial charge in [0.05, 0.1) is 42.0 Å². The van der Waals surface area contributed by atoms with Crippen LogP contribution >= 0.6 is 0 Å². The monoisotopic (exact) mass is 470 g/mol. The summed E-state index contributed by atoms with van der Waals surface area (Å²) in [4.78, 5) is 17.4. The molecular formula is C26H30N8O. The fourth-order valence-electron chi connectivity index (χ4n) is 5.34. The SMILES string of the molecule is Cc1cc(Nc2nn(C3CCCCC3C#N)c3cc[nH]c(=O)c23)ccc1C(C(C)C)n1nccn1. The van der Waals surface area contributed by atoms with E-state index in [0.717, 1.165) is 48.0 Å². The molecule has 1 saturated carbocycles. The highest BCUT2D eigenvalue weighted by Crippen LogP contribution is 2.37. The summed E-state index contributed by atoms with van der Waals surface area (Å²) in [5, 5.41) is 27.2. The van der Waals surface area contributed by atoms with Crippen molar-refractivity contribution < 1.29 is 0 Å². The standard InChI is InChI=1S/C26H30N8O/c1-16(2)24(34-29-12-13-30-34)20-9-8-19(14-17(20)3)31-25-23-22(10-11-28-26(23)35)33(32-25)21-7-5-4-6-18(21)15-27/h8-14,16,18,21,24H,4-7H2,1-3H3,(H,28,35)(H,31,32). The maximum Gasteiger partial charge on any atom is 0.261 e. The Hall–Kier alpha value is -3.93. The number of aromatic amines is 1. The van der Waals surface area contributed by atoms with Gasteiger partial charge in [-0.1, -0.05) is 32.8 Å². The Labute approximate surface area is 203 Å². The lowest BCUT2D eigenvalue weighted by Gasteiger charge is -2.27. The number of nitrogens with one attached hydrogen (secondary N) is 2. The number of hydrogen-bond donors (Lipinski definition) is 2. The minimum Gasteiger partial charge on any atom is -0.338 e. The number of nitrogens with zero attached hydrogens (tertiary/aromatic N) is 6. The van der Waals surface area contributed by atoms with Gasteiger partial charge in [0.2, 0.25) is 0 Å². The van der Waals surface area contributed by atoms with Gasteiger partial charge in [-0.25, -0.2) is 0 Å². The molecule has 1 aliphatic rings. The molecule has 3 heterocycles. The van der Waals surface area contributed by atoms with Crippen molar-refractivity contribution in [2.45, 2.75) is 58.5 Å². The van der Waals surface area contributed by atoms with Crippen molar-refractivity contribution in [3.05, 3.63) is 64.3 Å². The normalized spacial score (nSPS) is 19.1. The van der Waals surface area contributed by atoms with E-state index in [2.05, 4.69) is 59.5 Å². The van der Waals surface area contributed by atoms with Crippen LogP contribution in [0.2, 0.25) is 0 Å². The quantitative estimate of drug-likeness (QED) is 0.415. The van der Waals surface area contributed by atoms with E-state index in [0.29, 0.717) is 17.1 Å². The van der Waals surface area contributed by atoms with Gasteiger partial charge < -0.3 is 10.3 Å². The summed E-state index contributed by atoms with van der Waals surface area (Å²) in [6.07, 6.45) is 8.89. The molecule has 1 aliphatic carbocycles. The van der Waals surface area contributed by atoms with Crippen molar-refractivity contribution in [3.63, 3.8) is 0 Å². The van der Waals surface area contributed by atoms with Crippen molar-refractivity contribution in [2.24, 2.45) is 11.8 Å². The minimum absolute atomic E-state index is 0.0242. The summed E-state index contributed by atoms with van der Waals surface area (Å²) in [6, 6.07) is 10.5. The average molecular weight is 471 g/mol. The molecule has 2 N–H and O–H groups in total. The van der Waals surface area contributed by atoms with Gasteiger partial charge in [0.15, 0.2) is 5.82 Å². The number of aryl methyl sites for hydroxylation is 1. The van der Waals surface area contributed by atoms with E-state index < -0.39 is 0 Å². The third kappa shape index (κ3) is 4.20. The second-order valence-electron chi connectivity index (χ2n) is 9.68. The van der Waals surface area contributed by atoms with Crippen LogP contribution in [-0.4, -0.2) is 29.8 Å². The number of rotatable bonds is 6. The number of H-pyrrole nitrogens is 1. The Morgan fingerprint density at radius 1 is 1.17 bits per heavy atom. The number of nitriles is 1. The van der Waals surface area contributed by atoms with E-state index in [1.807, 2.05) is 16.8 Å². The molecule has 1 aromatic carbocycles. The highest BCUT2D eigenvalue weighted by atomic mass is 16.1. The first-order valence-electron chi connectivity index (χ1n) is 12.2. The van der Waals surface area contributed by atoms with Gasteiger partial charge in [-0.2, -0.15) is 25.4 Å². The molecule has 4 aromatic rings. The number of hydrogen-bond acceptors (Lipinski definition) is 6. The van der Waals surface area contributed by atoms with Crippen LogP contribution in [0.4, 0.5) is 11.5 Å². The molecule has 3 atom stereocenters. The van der Waals surface area contributed by atoms with Crippen molar-refractivity contribution in [1.29, 1.82) is 5.26 Å². The van der Waals surface area contributed by atoms with Crippen LogP contribution in [0.5, 0.6) is 0 Å². The van der Waals surface area contributed by atoms with Crippen LogP contribution < -0.4 is 10.9 Å². The topological polar surface area (TPSA) is 117 Å². The number of pyridine rings is 1. The molecule has 0 saturated heterocycles. The van der Waals surface area contributed by atoms with Crippen LogP contribution in [0.3, 0.4) is 0 Å².